The van der Waals surface area contributed by atoms with E-state index in [1.165, 1.54) is 5.56 Å². The molecule has 0 aromatic heterocycles. The summed E-state index contributed by atoms with van der Waals surface area (Å²) in [6.07, 6.45) is 2.52. The summed E-state index contributed by atoms with van der Waals surface area (Å²) in [4.78, 5) is 2.39. The summed E-state index contributed by atoms with van der Waals surface area (Å²) in [5.74, 6) is 0. The summed E-state index contributed by atoms with van der Waals surface area (Å²) in [5, 5.41) is 10.9. The first kappa shape index (κ1) is 16.2. The average molecular weight is 263 g/mol. The highest BCUT2D eigenvalue weighted by Crippen LogP contribution is 2.27. The zero-order valence-electron chi connectivity index (χ0n) is 12.9. The molecule has 1 atom stereocenters. The van der Waals surface area contributed by atoms with Gasteiger partial charge in [-0.3, -0.25) is 4.90 Å². The minimum Gasteiger partial charge on any atom is -0.388 e. The van der Waals surface area contributed by atoms with Gasteiger partial charge >= 0.3 is 0 Å². The molecule has 0 heterocycles. The molecule has 0 bridgehead atoms. The molecule has 0 aliphatic carbocycles. The first-order valence-electron chi connectivity index (χ1n) is 7.61. The summed E-state index contributed by atoms with van der Waals surface area (Å²) < 4.78 is 0. The van der Waals surface area contributed by atoms with Crippen LogP contribution in [0.5, 0.6) is 0 Å². The summed E-state index contributed by atoms with van der Waals surface area (Å²) in [5.41, 5.74) is 0.710. The number of nitrogens with zero attached hydrogens (tertiary/aromatic N) is 1. The molecule has 0 aliphatic heterocycles. The molecule has 2 nitrogen and oxygen atoms in total. The van der Waals surface area contributed by atoms with Gasteiger partial charge in [0.05, 0.1) is 5.60 Å². The van der Waals surface area contributed by atoms with E-state index in [4.69, 9.17) is 0 Å². The quantitative estimate of drug-likeness (QED) is 0.776. The molecule has 0 aliphatic rings. The van der Waals surface area contributed by atoms with Crippen molar-refractivity contribution in [3.63, 3.8) is 0 Å². The van der Waals surface area contributed by atoms with Crippen molar-refractivity contribution >= 4 is 0 Å². The largest absolute Gasteiger partial charge is 0.388 e. The zero-order chi connectivity index (χ0) is 14.3. The van der Waals surface area contributed by atoms with Crippen LogP contribution in [0.2, 0.25) is 0 Å². The summed E-state index contributed by atoms with van der Waals surface area (Å²) in [6.45, 7) is 10.5. The minimum absolute atomic E-state index is 0.194. The van der Waals surface area contributed by atoms with Crippen molar-refractivity contribution in [2.24, 2.45) is 0 Å². The highest BCUT2D eigenvalue weighted by Gasteiger charge is 2.36. The van der Waals surface area contributed by atoms with Gasteiger partial charge in [-0.15, -0.1) is 0 Å². The lowest BCUT2D eigenvalue weighted by atomic mass is 9.83. The molecule has 1 aromatic carbocycles. The number of benzene rings is 1. The van der Waals surface area contributed by atoms with E-state index in [0.29, 0.717) is 0 Å². The Balaban J connectivity index is 2.98. The van der Waals surface area contributed by atoms with Crippen LogP contribution in [0.1, 0.15) is 46.1 Å². The lowest BCUT2D eigenvalue weighted by Gasteiger charge is -2.42. The van der Waals surface area contributed by atoms with Crippen LogP contribution in [0.3, 0.4) is 0 Å². The fourth-order valence-corrected chi connectivity index (χ4v) is 2.88. The third-order valence-electron chi connectivity index (χ3n) is 4.37. The first-order valence-corrected chi connectivity index (χ1v) is 7.61. The van der Waals surface area contributed by atoms with Gasteiger partial charge in [0.2, 0.25) is 0 Å². The van der Waals surface area contributed by atoms with Crippen LogP contribution in [0.4, 0.5) is 0 Å². The van der Waals surface area contributed by atoms with Gasteiger partial charge in [0.15, 0.2) is 0 Å². The topological polar surface area (TPSA) is 23.5 Å². The van der Waals surface area contributed by atoms with Crippen LogP contribution in [-0.4, -0.2) is 34.7 Å². The van der Waals surface area contributed by atoms with Crippen molar-refractivity contribution in [3.8, 4) is 0 Å². The van der Waals surface area contributed by atoms with Crippen molar-refractivity contribution in [3.05, 3.63) is 35.9 Å². The summed E-state index contributed by atoms with van der Waals surface area (Å²) in [7, 11) is 0. The van der Waals surface area contributed by atoms with Crippen LogP contribution in [0.15, 0.2) is 30.3 Å². The second kappa shape index (κ2) is 7.66. The van der Waals surface area contributed by atoms with Crippen molar-refractivity contribution in [1.29, 1.82) is 0 Å². The maximum Gasteiger partial charge on any atom is 0.0800 e. The molecular formula is C17H29NO. The Labute approximate surface area is 118 Å². The fraction of sp³-hybridized carbons (Fsp3) is 0.647. The Morgan fingerprint density at radius 1 is 1.00 bits per heavy atom. The van der Waals surface area contributed by atoms with Crippen molar-refractivity contribution in [2.45, 2.75) is 58.6 Å². The molecule has 1 N–H and O–H groups in total. The Morgan fingerprint density at radius 2 is 1.53 bits per heavy atom. The lowest BCUT2D eigenvalue weighted by Crippen LogP contribution is -2.53. The second-order valence-electron chi connectivity index (χ2n) is 5.24. The second-order valence-corrected chi connectivity index (χ2v) is 5.24. The molecule has 1 aromatic rings. The molecule has 1 rings (SSSR count). The molecular weight excluding hydrogens is 234 g/mol. The van der Waals surface area contributed by atoms with E-state index in [2.05, 4.69) is 56.9 Å². The molecule has 0 saturated heterocycles. The smallest absolute Gasteiger partial charge is 0.0800 e. The van der Waals surface area contributed by atoms with Gasteiger partial charge in [0, 0.05) is 6.04 Å². The Morgan fingerprint density at radius 3 is 1.95 bits per heavy atom. The number of aliphatic hydroxyl groups is 1. The molecule has 0 fully saturated rings. The molecule has 0 radical (unpaired) electrons. The van der Waals surface area contributed by atoms with Crippen LogP contribution < -0.4 is 0 Å². The van der Waals surface area contributed by atoms with E-state index in [0.717, 1.165) is 32.4 Å². The molecule has 108 valence electrons. The van der Waals surface area contributed by atoms with E-state index >= 15 is 0 Å². The van der Waals surface area contributed by atoms with Gasteiger partial charge in [0.1, 0.15) is 0 Å². The summed E-state index contributed by atoms with van der Waals surface area (Å²) >= 11 is 0. The average Bonchev–Trinajstić information content (AvgIpc) is 2.47. The van der Waals surface area contributed by atoms with Crippen LogP contribution in [0, 0.1) is 0 Å². The maximum atomic E-state index is 10.9. The Bertz CT molecular complexity index is 342. The Kier molecular flexibility index (Phi) is 6.53. The monoisotopic (exact) mass is 263 g/mol. The van der Waals surface area contributed by atoms with Crippen molar-refractivity contribution < 1.29 is 5.11 Å². The fourth-order valence-electron chi connectivity index (χ4n) is 2.88. The van der Waals surface area contributed by atoms with Crippen LogP contribution in [0.25, 0.3) is 0 Å². The van der Waals surface area contributed by atoms with Gasteiger partial charge in [-0.2, -0.15) is 0 Å². The van der Waals surface area contributed by atoms with Gasteiger partial charge in [-0.25, -0.2) is 0 Å². The SMILES string of the molecule is CCN(CC)[C@@H](Cc1ccccc1)C(O)(CC)CC. The number of rotatable bonds is 8. The third-order valence-corrected chi connectivity index (χ3v) is 4.37. The van der Waals surface area contributed by atoms with Crippen molar-refractivity contribution in [2.75, 3.05) is 13.1 Å². The number of hydrogen-bond acceptors (Lipinski definition) is 2. The van der Waals surface area contributed by atoms with Crippen molar-refractivity contribution in [1.82, 2.24) is 4.90 Å². The lowest BCUT2D eigenvalue weighted by molar-refractivity contribution is -0.0512. The van der Waals surface area contributed by atoms with E-state index in [9.17, 15) is 5.11 Å². The predicted octanol–water partition coefficient (Wildman–Crippen LogP) is 3.49. The third kappa shape index (κ3) is 4.05. The molecule has 0 saturated carbocycles. The Hall–Kier alpha value is -0.860. The normalized spacial score (nSPS) is 13.8. The molecule has 0 spiro atoms. The van der Waals surface area contributed by atoms with E-state index in [1.54, 1.807) is 0 Å². The van der Waals surface area contributed by atoms with Crippen LogP contribution in [-0.2, 0) is 6.42 Å². The highest BCUT2D eigenvalue weighted by molar-refractivity contribution is 5.17. The van der Waals surface area contributed by atoms with Gasteiger partial charge < -0.3 is 5.11 Å². The van der Waals surface area contributed by atoms with E-state index in [-0.39, 0.29) is 6.04 Å². The van der Waals surface area contributed by atoms with Gasteiger partial charge in [0.25, 0.3) is 0 Å². The zero-order valence-corrected chi connectivity index (χ0v) is 12.9. The molecule has 0 unspecified atom stereocenters. The predicted molar refractivity (Wildman–Crippen MR) is 82.4 cm³/mol. The van der Waals surface area contributed by atoms with E-state index < -0.39 is 5.60 Å². The highest BCUT2D eigenvalue weighted by atomic mass is 16.3. The molecule has 0 amide bonds. The van der Waals surface area contributed by atoms with E-state index in [1.807, 2.05) is 6.07 Å². The van der Waals surface area contributed by atoms with Gasteiger partial charge in [-0.05, 0) is 37.9 Å². The molecule has 2 heteroatoms. The number of hydrogen-bond donors (Lipinski definition) is 1. The standard InChI is InChI=1S/C17H29NO/c1-5-17(19,6-2)16(18(7-3)8-4)14-15-12-10-9-11-13-15/h9-13,16,19H,5-8,14H2,1-4H3/t16-/m0/s1. The summed E-state index contributed by atoms with van der Waals surface area (Å²) in [6, 6.07) is 10.7. The minimum atomic E-state index is -0.595. The molecule has 19 heavy (non-hydrogen) atoms. The first-order chi connectivity index (χ1) is 9.11. The maximum absolute atomic E-state index is 10.9. The van der Waals surface area contributed by atoms with Gasteiger partial charge in [-0.1, -0.05) is 58.0 Å². The number of likely N-dealkylation sites (N-methyl/N-ethyl adjacent to an activating group) is 1. The van der Waals surface area contributed by atoms with Crippen LogP contribution >= 0.6 is 0 Å².